The maximum atomic E-state index is 5.58. The van der Waals surface area contributed by atoms with Crippen LogP contribution in [-0.2, 0) is 16.0 Å². The summed E-state index contributed by atoms with van der Waals surface area (Å²) in [5, 5.41) is 3.31. The second-order valence-corrected chi connectivity index (χ2v) is 8.68. The van der Waals surface area contributed by atoms with Gasteiger partial charge in [0.05, 0.1) is 19.8 Å². The minimum Gasteiger partial charge on any atom is -0.383 e. The molecule has 0 saturated carbocycles. The summed E-state index contributed by atoms with van der Waals surface area (Å²) in [6.45, 7) is 7.38. The topological polar surface area (TPSA) is 37.8 Å². The molecule has 3 aliphatic heterocycles. The first-order chi connectivity index (χ1) is 11.8. The van der Waals surface area contributed by atoms with Crippen LogP contribution in [0.5, 0.6) is 0 Å². The standard InChI is InChI=1S/C18H29N3O2S/c1-22-12-16-10-18(14-21(16)11-17-19-5-9-24-17)3-6-20(7-4-18)15-2-8-23-13-15/h5,9,15-16H,2-4,6-8,10-14H2,1H3/t15-,16-/m0/s1. The minimum atomic E-state index is 0.483. The first-order valence-electron chi connectivity index (χ1n) is 9.21. The van der Waals surface area contributed by atoms with E-state index in [4.69, 9.17) is 9.47 Å². The molecule has 2 atom stereocenters. The summed E-state index contributed by atoms with van der Waals surface area (Å²) >= 11 is 1.77. The van der Waals surface area contributed by atoms with E-state index in [2.05, 4.69) is 20.2 Å². The van der Waals surface area contributed by atoms with Crippen molar-refractivity contribution >= 4 is 11.3 Å². The van der Waals surface area contributed by atoms with Gasteiger partial charge in [-0.2, -0.15) is 0 Å². The number of hydrogen-bond acceptors (Lipinski definition) is 6. The number of likely N-dealkylation sites (tertiary alicyclic amines) is 2. The third kappa shape index (κ3) is 3.53. The third-order valence-electron chi connectivity index (χ3n) is 6.19. The predicted molar refractivity (Wildman–Crippen MR) is 95.3 cm³/mol. The van der Waals surface area contributed by atoms with Crippen LogP contribution in [0.4, 0.5) is 0 Å². The molecule has 4 rings (SSSR count). The summed E-state index contributed by atoms with van der Waals surface area (Å²) in [6, 6.07) is 1.21. The van der Waals surface area contributed by atoms with E-state index in [-0.39, 0.29) is 0 Å². The Kier molecular flexibility index (Phi) is 5.20. The van der Waals surface area contributed by atoms with Gasteiger partial charge in [0.15, 0.2) is 0 Å². The van der Waals surface area contributed by atoms with Crippen molar-refractivity contribution in [3.63, 3.8) is 0 Å². The normalized spacial score (nSPS) is 31.2. The lowest BCUT2D eigenvalue weighted by atomic mass is 9.76. The van der Waals surface area contributed by atoms with E-state index in [9.17, 15) is 0 Å². The average Bonchev–Trinajstić information content (AvgIpc) is 3.32. The maximum absolute atomic E-state index is 5.58. The molecule has 0 amide bonds. The minimum absolute atomic E-state index is 0.483. The number of piperidine rings is 1. The number of hydrogen-bond donors (Lipinski definition) is 0. The Labute approximate surface area is 148 Å². The van der Waals surface area contributed by atoms with E-state index in [1.165, 1.54) is 50.3 Å². The van der Waals surface area contributed by atoms with Crippen LogP contribution >= 0.6 is 11.3 Å². The van der Waals surface area contributed by atoms with Crippen molar-refractivity contribution in [1.82, 2.24) is 14.8 Å². The Hall–Kier alpha value is -0.530. The van der Waals surface area contributed by atoms with Gasteiger partial charge in [-0.25, -0.2) is 4.98 Å². The van der Waals surface area contributed by atoms with Gasteiger partial charge in [-0.3, -0.25) is 9.80 Å². The third-order valence-corrected chi connectivity index (χ3v) is 6.95. The Bertz CT molecular complexity index is 510. The maximum Gasteiger partial charge on any atom is 0.107 e. The van der Waals surface area contributed by atoms with Crippen molar-refractivity contribution < 1.29 is 9.47 Å². The first kappa shape index (κ1) is 16.9. The van der Waals surface area contributed by atoms with E-state index in [1.54, 1.807) is 11.3 Å². The van der Waals surface area contributed by atoms with Gasteiger partial charge in [-0.15, -0.1) is 11.3 Å². The van der Waals surface area contributed by atoms with Crippen LogP contribution in [0, 0.1) is 5.41 Å². The fourth-order valence-corrected chi connectivity index (χ4v) is 5.48. The van der Waals surface area contributed by atoms with Crippen LogP contribution < -0.4 is 0 Å². The zero-order valence-electron chi connectivity index (χ0n) is 14.7. The number of methoxy groups -OCH3 is 1. The molecule has 6 heteroatoms. The van der Waals surface area contributed by atoms with E-state index in [1.807, 2.05) is 13.3 Å². The molecule has 0 N–H and O–H groups in total. The predicted octanol–water partition coefficient (Wildman–Crippen LogP) is 2.23. The Morgan fingerprint density at radius 3 is 2.96 bits per heavy atom. The molecule has 134 valence electrons. The van der Waals surface area contributed by atoms with Crippen molar-refractivity contribution in [2.24, 2.45) is 5.41 Å². The molecule has 1 spiro atoms. The van der Waals surface area contributed by atoms with Crippen molar-refractivity contribution in [3.05, 3.63) is 16.6 Å². The second kappa shape index (κ2) is 7.38. The van der Waals surface area contributed by atoms with E-state index >= 15 is 0 Å². The average molecular weight is 352 g/mol. The Morgan fingerprint density at radius 2 is 2.29 bits per heavy atom. The molecule has 0 bridgehead atoms. The van der Waals surface area contributed by atoms with E-state index < -0.39 is 0 Å². The number of rotatable bonds is 5. The largest absolute Gasteiger partial charge is 0.383 e. The van der Waals surface area contributed by atoms with Crippen molar-refractivity contribution in [2.45, 2.75) is 44.3 Å². The monoisotopic (exact) mass is 351 g/mol. The number of thiazole rings is 1. The van der Waals surface area contributed by atoms with Crippen molar-refractivity contribution in [1.29, 1.82) is 0 Å². The van der Waals surface area contributed by atoms with Crippen LogP contribution in [-0.4, -0.2) is 73.4 Å². The van der Waals surface area contributed by atoms with E-state index in [0.29, 0.717) is 17.5 Å². The summed E-state index contributed by atoms with van der Waals surface area (Å²) < 4.78 is 11.1. The van der Waals surface area contributed by atoms with Gasteiger partial charge in [0, 0.05) is 43.9 Å². The molecule has 0 aromatic carbocycles. The molecule has 1 aromatic rings. The second-order valence-electron chi connectivity index (χ2n) is 7.70. The van der Waals surface area contributed by atoms with Gasteiger partial charge in [0.2, 0.25) is 0 Å². The fraction of sp³-hybridized carbons (Fsp3) is 0.833. The lowest BCUT2D eigenvalue weighted by Gasteiger charge is -2.41. The van der Waals surface area contributed by atoms with Crippen molar-refractivity contribution in [3.8, 4) is 0 Å². The molecular weight excluding hydrogens is 322 g/mol. The summed E-state index contributed by atoms with van der Waals surface area (Å²) in [4.78, 5) is 9.78. The number of nitrogens with zero attached hydrogens (tertiary/aromatic N) is 3. The van der Waals surface area contributed by atoms with Gasteiger partial charge in [-0.1, -0.05) is 0 Å². The Morgan fingerprint density at radius 1 is 1.42 bits per heavy atom. The molecule has 24 heavy (non-hydrogen) atoms. The summed E-state index contributed by atoms with van der Waals surface area (Å²) in [5.41, 5.74) is 0.483. The Balaban J connectivity index is 1.38. The molecule has 0 unspecified atom stereocenters. The van der Waals surface area contributed by atoms with Crippen LogP contribution in [0.3, 0.4) is 0 Å². The smallest absolute Gasteiger partial charge is 0.107 e. The molecule has 4 heterocycles. The molecule has 1 aromatic heterocycles. The fourth-order valence-electron chi connectivity index (χ4n) is 4.84. The van der Waals surface area contributed by atoms with E-state index in [0.717, 1.165) is 26.4 Å². The van der Waals surface area contributed by atoms with Crippen LogP contribution in [0.1, 0.15) is 30.7 Å². The lowest BCUT2D eigenvalue weighted by Crippen LogP contribution is -2.46. The van der Waals surface area contributed by atoms with Crippen molar-refractivity contribution in [2.75, 3.05) is 46.6 Å². The summed E-state index contributed by atoms with van der Waals surface area (Å²) in [6.07, 6.45) is 7.05. The highest BCUT2D eigenvalue weighted by Crippen LogP contribution is 2.44. The quantitative estimate of drug-likeness (QED) is 0.813. The highest BCUT2D eigenvalue weighted by molar-refractivity contribution is 7.09. The molecular formula is C18H29N3O2S. The molecule has 0 aliphatic carbocycles. The molecule has 0 radical (unpaired) electrons. The highest BCUT2D eigenvalue weighted by atomic mass is 32.1. The van der Waals surface area contributed by atoms with Crippen LogP contribution in [0.2, 0.25) is 0 Å². The van der Waals surface area contributed by atoms with Gasteiger partial charge >= 0.3 is 0 Å². The van der Waals surface area contributed by atoms with Crippen LogP contribution in [0.15, 0.2) is 11.6 Å². The zero-order valence-corrected chi connectivity index (χ0v) is 15.5. The van der Waals surface area contributed by atoms with Gasteiger partial charge in [0.1, 0.15) is 5.01 Å². The summed E-state index contributed by atoms with van der Waals surface area (Å²) in [7, 11) is 1.83. The molecule has 3 fully saturated rings. The zero-order chi connectivity index (χ0) is 16.4. The SMILES string of the molecule is COC[C@@H]1CC2(CCN([C@H]3CCOC3)CC2)CN1Cc1nccs1. The molecule has 5 nitrogen and oxygen atoms in total. The van der Waals surface area contributed by atoms with Crippen LogP contribution in [0.25, 0.3) is 0 Å². The highest BCUT2D eigenvalue weighted by Gasteiger charge is 2.46. The summed E-state index contributed by atoms with van der Waals surface area (Å²) in [5.74, 6) is 0. The van der Waals surface area contributed by atoms with Gasteiger partial charge in [-0.05, 0) is 44.2 Å². The lowest BCUT2D eigenvalue weighted by molar-refractivity contribution is 0.0678. The molecule has 3 aliphatic rings. The first-order valence-corrected chi connectivity index (χ1v) is 10.1. The molecule has 3 saturated heterocycles. The number of ether oxygens (including phenoxy) is 2. The van der Waals surface area contributed by atoms with Gasteiger partial charge < -0.3 is 9.47 Å². The number of aromatic nitrogens is 1. The van der Waals surface area contributed by atoms with Gasteiger partial charge in [0.25, 0.3) is 0 Å².